The van der Waals surface area contributed by atoms with Gasteiger partial charge in [-0.15, -0.1) is 0 Å². The zero-order valence-corrected chi connectivity index (χ0v) is 12.8. The Morgan fingerprint density at radius 2 is 2.00 bits per heavy atom. The first-order valence-electron chi connectivity index (χ1n) is 7.76. The van der Waals surface area contributed by atoms with E-state index in [2.05, 4.69) is 49.5 Å². The summed E-state index contributed by atoms with van der Waals surface area (Å²) < 4.78 is 0. The van der Waals surface area contributed by atoms with Crippen LogP contribution in [0, 0.1) is 6.92 Å². The Hall–Kier alpha value is -1.80. The second kappa shape index (κ2) is 5.90. The summed E-state index contributed by atoms with van der Waals surface area (Å²) in [6, 6.07) is 15.2. The smallest absolute Gasteiger partial charge is 0.119 e. The number of hydrogen-bond donors (Lipinski definition) is 2. The lowest BCUT2D eigenvalue weighted by Gasteiger charge is -2.21. The van der Waals surface area contributed by atoms with Crippen LogP contribution < -0.4 is 5.32 Å². The topological polar surface area (TPSA) is 32.3 Å². The largest absolute Gasteiger partial charge is 0.508 e. The summed E-state index contributed by atoms with van der Waals surface area (Å²) in [4.78, 5) is 0. The number of fused-ring (bicyclic) bond motifs is 1. The number of aromatic hydroxyl groups is 1. The van der Waals surface area contributed by atoms with Gasteiger partial charge in [-0.3, -0.25) is 0 Å². The van der Waals surface area contributed by atoms with Crippen molar-refractivity contribution in [3.05, 3.63) is 64.7 Å². The first-order valence-corrected chi connectivity index (χ1v) is 7.76. The highest BCUT2D eigenvalue weighted by Gasteiger charge is 2.25. The highest BCUT2D eigenvalue weighted by Crippen LogP contribution is 2.36. The second-order valence-electron chi connectivity index (χ2n) is 6.13. The molecular formula is C19H23NO. The van der Waals surface area contributed by atoms with Gasteiger partial charge in [0.25, 0.3) is 0 Å². The molecule has 1 aliphatic rings. The Morgan fingerprint density at radius 3 is 2.81 bits per heavy atom. The predicted molar refractivity (Wildman–Crippen MR) is 86.6 cm³/mol. The van der Waals surface area contributed by atoms with Gasteiger partial charge in [-0.05, 0) is 61.4 Å². The maximum Gasteiger partial charge on any atom is 0.119 e. The summed E-state index contributed by atoms with van der Waals surface area (Å²) in [5, 5.41) is 13.7. The van der Waals surface area contributed by atoms with E-state index >= 15 is 0 Å². The molecule has 0 amide bonds. The first-order chi connectivity index (χ1) is 10.1. The average molecular weight is 281 g/mol. The van der Waals surface area contributed by atoms with Crippen LogP contribution in [0.1, 0.15) is 41.6 Å². The quantitative estimate of drug-likeness (QED) is 0.890. The van der Waals surface area contributed by atoms with Gasteiger partial charge < -0.3 is 10.4 Å². The number of rotatable bonds is 4. The molecule has 2 nitrogen and oxygen atoms in total. The Bertz CT molecular complexity index is 635. The first kappa shape index (κ1) is 14.2. The van der Waals surface area contributed by atoms with Crippen molar-refractivity contribution in [3.8, 4) is 5.75 Å². The molecule has 0 saturated heterocycles. The Morgan fingerprint density at radius 1 is 1.19 bits per heavy atom. The van der Waals surface area contributed by atoms with Crippen LogP contribution in [0.4, 0.5) is 0 Å². The minimum atomic E-state index is 0.367. The molecule has 2 N–H and O–H groups in total. The molecule has 2 unspecified atom stereocenters. The van der Waals surface area contributed by atoms with E-state index in [0.29, 0.717) is 17.8 Å². The van der Waals surface area contributed by atoms with Crippen molar-refractivity contribution in [1.82, 2.24) is 5.32 Å². The second-order valence-corrected chi connectivity index (χ2v) is 6.13. The summed E-state index contributed by atoms with van der Waals surface area (Å²) in [5.41, 5.74) is 5.16. The normalized spacial score (nSPS) is 18.5. The van der Waals surface area contributed by atoms with E-state index in [-0.39, 0.29) is 0 Å². The third kappa shape index (κ3) is 2.96. The van der Waals surface area contributed by atoms with Crippen LogP contribution in [0.2, 0.25) is 0 Å². The molecular weight excluding hydrogens is 258 g/mol. The minimum absolute atomic E-state index is 0.367. The molecule has 0 aromatic heterocycles. The van der Waals surface area contributed by atoms with E-state index in [9.17, 15) is 5.11 Å². The molecule has 1 aliphatic carbocycles. The summed E-state index contributed by atoms with van der Waals surface area (Å²) in [6.07, 6.45) is 3.08. The van der Waals surface area contributed by atoms with Gasteiger partial charge in [0.15, 0.2) is 0 Å². The van der Waals surface area contributed by atoms with Crippen LogP contribution in [0.3, 0.4) is 0 Å². The number of hydrogen-bond acceptors (Lipinski definition) is 2. The maximum absolute atomic E-state index is 9.93. The fourth-order valence-electron chi connectivity index (χ4n) is 3.38. The molecule has 0 aliphatic heterocycles. The van der Waals surface area contributed by atoms with Crippen LogP contribution in [-0.4, -0.2) is 11.1 Å². The highest BCUT2D eigenvalue weighted by molar-refractivity contribution is 5.44. The maximum atomic E-state index is 9.93. The van der Waals surface area contributed by atoms with Crippen LogP contribution in [0.15, 0.2) is 42.5 Å². The van der Waals surface area contributed by atoms with Crippen molar-refractivity contribution in [3.63, 3.8) is 0 Å². The molecule has 0 heterocycles. The van der Waals surface area contributed by atoms with Crippen LogP contribution in [0.25, 0.3) is 0 Å². The van der Waals surface area contributed by atoms with E-state index < -0.39 is 0 Å². The Kier molecular flexibility index (Phi) is 3.98. The predicted octanol–water partition coefficient (Wildman–Crippen LogP) is 3.91. The van der Waals surface area contributed by atoms with Gasteiger partial charge in [-0.1, -0.05) is 36.4 Å². The molecule has 0 saturated carbocycles. The van der Waals surface area contributed by atoms with Gasteiger partial charge in [0.2, 0.25) is 0 Å². The molecule has 2 aromatic carbocycles. The summed E-state index contributed by atoms with van der Waals surface area (Å²) in [5.74, 6) is 0.448. The van der Waals surface area contributed by atoms with Crippen molar-refractivity contribution in [2.24, 2.45) is 0 Å². The summed E-state index contributed by atoms with van der Waals surface area (Å²) in [7, 11) is 0. The van der Waals surface area contributed by atoms with Gasteiger partial charge in [0.1, 0.15) is 5.75 Å². The fourth-order valence-corrected chi connectivity index (χ4v) is 3.38. The number of benzene rings is 2. The SMILES string of the molecule is Cc1ccccc1CC(C)NC1CCc2c(O)cccc21. The molecule has 3 rings (SSSR count). The van der Waals surface area contributed by atoms with Crippen molar-refractivity contribution in [2.45, 2.75) is 45.2 Å². The van der Waals surface area contributed by atoms with E-state index in [1.807, 2.05) is 6.07 Å². The van der Waals surface area contributed by atoms with Crippen LogP contribution in [-0.2, 0) is 12.8 Å². The van der Waals surface area contributed by atoms with E-state index in [1.54, 1.807) is 6.07 Å². The van der Waals surface area contributed by atoms with Gasteiger partial charge >= 0.3 is 0 Å². The molecule has 2 heteroatoms. The van der Waals surface area contributed by atoms with Gasteiger partial charge in [-0.25, -0.2) is 0 Å². The highest BCUT2D eigenvalue weighted by atomic mass is 16.3. The van der Waals surface area contributed by atoms with Gasteiger partial charge in [0.05, 0.1) is 0 Å². The number of nitrogens with one attached hydrogen (secondary N) is 1. The third-order valence-corrected chi connectivity index (χ3v) is 4.52. The molecule has 0 radical (unpaired) electrons. The zero-order chi connectivity index (χ0) is 14.8. The average Bonchev–Trinajstić information content (AvgIpc) is 2.86. The zero-order valence-electron chi connectivity index (χ0n) is 12.8. The van der Waals surface area contributed by atoms with Crippen LogP contribution in [0.5, 0.6) is 5.75 Å². The van der Waals surface area contributed by atoms with Crippen LogP contribution >= 0.6 is 0 Å². The Labute approximate surface area is 126 Å². The molecule has 0 bridgehead atoms. The number of phenols is 1. The molecule has 0 fully saturated rings. The van der Waals surface area contributed by atoms with Crippen molar-refractivity contribution in [2.75, 3.05) is 0 Å². The summed E-state index contributed by atoms with van der Waals surface area (Å²) >= 11 is 0. The third-order valence-electron chi connectivity index (χ3n) is 4.52. The minimum Gasteiger partial charge on any atom is -0.508 e. The fraction of sp³-hybridized carbons (Fsp3) is 0.368. The lowest BCUT2D eigenvalue weighted by atomic mass is 10.0. The Balaban J connectivity index is 1.69. The van der Waals surface area contributed by atoms with Crippen molar-refractivity contribution < 1.29 is 5.11 Å². The van der Waals surface area contributed by atoms with Crippen molar-refractivity contribution in [1.29, 1.82) is 0 Å². The molecule has 110 valence electrons. The number of phenolic OH excluding ortho intramolecular Hbond substituents is 1. The monoisotopic (exact) mass is 281 g/mol. The van der Waals surface area contributed by atoms with E-state index in [0.717, 1.165) is 24.8 Å². The van der Waals surface area contributed by atoms with Crippen molar-refractivity contribution >= 4 is 0 Å². The van der Waals surface area contributed by atoms with Gasteiger partial charge in [-0.2, -0.15) is 0 Å². The molecule has 0 spiro atoms. The van der Waals surface area contributed by atoms with E-state index in [4.69, 9.17) is 0 Å². The number of aryl methyl sites for hydroxylation is 1. The molecule has 2 aromatic rings. The lowest BCUT2D eigenvalue weighted by Crippen LogP contribution is -2.31. The lowest BCUT2D eigenvalue weighted by molar-refractivity contribution is 0.451. The molecule has 21 heavy (non-hydrogen) atoms. The van der Waals surface area contributed by atoms with E-state index in [1.165, 1.54) is 16.7 Å². The molecule has 2 atom stereocenters. The summed E-state index contributed by atoms with van der Waals surface area (Å²) in [6.45, 7) is 4.41. The standard InChI is InChI=1S/C19H23NO/c1-13-6-3-4-7-15(13)12-14(2)20-18-11-10-17-16(18)8-5-9-19(17)21/h3-9,14,18,20-21H,10-12H2,1-2H3. The van der Waals surface area contributed by atoms with Gasteiger partial charge in [0, 0.05) is 12.1 Å².